The Morgan fingerprint density at radius 3 is 2.35 bits per heavy atom. The average molecular weight is 268 g/mol. The highest BCUT2D eigenvalue weighted by atomic mass is 32.2. The maximum Gasteiger partial charge on any atom is 0.416 e. The molecule has 3 nitrogen and oxygen atoms in total. The Morgan fingerprint density at radius 2 is 1.88 bits per heavy atom. The summed E-state index contributed by atoms with van der Waals surface area (Å²) in [7, 11) is -3.66. The molecule has 0 heterocycles. The van der Waals surface area contributed by atoms with Gasteiger partial charge in [0, 0.05) is 0 Å². The maximum atomic E-state index is 12.5. The first kappa shape index (κ1) is 14.0. The summed E-state index contributed by atoms with van der Waals surface area (Å²) in [6.07, 6.45) is -3.61. The van der Waals surface area contributed by atoms with Crippen LogP contribution in [0, 0.1) is 6.92 Å². The van der Waals surface area contributed by atoms with Gasteiger partial charge in [-0.25, -0.2) is 0 Å². The molecule has 0 aliphatic heterocycles. The van der Waals surface area contributed by atoms with Gasteiger partial charge in [-0.3, -0.25) is 4.18 Å². The van der Waals surface area contributed by atoms with Gasteiger partial charge < -0.3 is 0 Å². The van der Waals surface area contributed by atoms with Crippen LogP contribution < -0.4 is 0 Å². The molecule has 1 rings (SSSR count). The van der Waals surface area contributed by atoms with E-state index in [-0.39, 0.29) is 11.1 Å². The van der Waals surface area contributed by atoms with Gasteiger partial charge in [0.15, 0.2) is 0 Å². The summed E-state index contributed by atoms with van der Waals surface area (Å²) in [5.41, 5.74) is -0.541. The van der Waals surface area contributed by atoms with Crippen molar-refractivity contribution in [3.8, 4) is 0 Å². The molecule has 0 bridgehead atoms. The van der Waals surface area contributed by atoms with Crippen LogP contribution in [-0.2, 0) is 27.1 Å². The molecular weight excluding hydrogens is 257 g/mol. The smallest absolute Gasteiger partial charge is 0.265 e. The lowest BCUT2D eigenvalue weighted by Gasteiger charge is -2.11. The number of hydrogen-bond acceptors (Lipinski definition) is 3. The molecule has 0 unspecified atom stereocenters. The van der Waals surface area contributed by atoms with Crippen LogP contribution in [0.4, 0.5) is 13.2 Å². The van der Waals surface area contributed by atoms with E-state index in [1.807, 2.05) is 0 Å². The Morgan fingerprint density at radius 1 is 1.29 bits per heavy atom. The first-order valence-corrected chi connectivity index (χ1v) is 6.42. The molecule has 0 atom stereocenters. The molecule has 0 saturated carbocycles. The van der Waals surface area contributed by atoms with Gasteiger partial charge in [-0.2, -0.15) is 21.6 Å². The summed E-state index contributed by atoms with van der Waals surface area (Å²) >= 11 is 0. The lowest BCUT2D eigenvalue weighted by molar-refractivity contribution is -0.138. The predicted octanol–water partition coefficient (Wildman–Crippen LogP) is 2.49. The van der Waals surface area contributed by atoms with Gasteiger partial charge in [0.2, 0.25) is 0 Å². The zero-order chi connectivity index (χ0) is 13.3. The van der Waals surface area contributed by atoms with Crippen LogP contribution in [0.5, 0.6) is 0 Å². The first-order chi connectivity index (χ1) is 7.59. The van der Waals surface area contributed by atoms with Crippen molar-refractivity contribution in [2.75, 3.05) is 6.26 Å². The number of alkyl halides is 3. The predicted molar refractivity (Wildman–Crippen MR) is 55.8 cm³/mol. The minimum atomic E-state index is -4.45. The molecule has 7 heteroatoms. The van der Waals surface area contributed by atoms with Crippen molar-refractivity contribution in [2.45, 2.75) is 19.7 Å². The molecule has 0 fully saturated rings. The Balaban J connectivity index is 2.98. The van der Waals surface area contributed by atoms with Crippen LogP contribution >= 0.6 is 0 Å². The number of hydrogen-bond donors (Lipinski definition) is 0. The lowest BCUT2D eigenvalue weighted by atomic mass is 10.1. The van der Waals surface area contributed by atoms with E-state index in [0.29, 0.717) is 0 Å². The molecule has 1 aromatic carbocycles. The minimum Gasteiger partial charge on any atom is -0.265 e. The monoisotopic (exact) mass is 268 g/mol. The molecule has 17 heavy (non-hydrogen) atoms. The molecule has 0 radical (unpaired) electrons. The molecule has 0 N–H and O–H groups in total. The van der Waals surface area contributed by atoms with E-state index in [4.69, 9.17) is 0 Å². The molecule has 0 saturated heterocycles. The molecule has 96 valence electrons. The van der Waals surface area contributed by atoms with Gasteiger partial charge in [0.25, 0.3) is 10.1 Å². The van der Waals surface area contributed by atoms with E-state index in [9.17, 15) is 21.6 Å². The van der Waals surface area contributed by atoms with Crippen molar-refractivity contribution < 1.29 is 25.8 Å². The molecule has 0 aliphatic carbocycles. The second kappa shape index (κ2) is 4.66. The molecular formula is C10H11F3O3S. The van der Waals surface area contributed by atoms with E-state index >= 15 is 0 Å². The van der Waals surface area contributed by atoms with Crippen LogP contribution in [0.2, 0.25) is 0 Å². The molecule has 0 amide bonds. The van der Waals surface area contributed by atoms with Crippen LogP contribution in [0.25, 0.3) is 0 Å². The fourth-order valence-corrected chi connectivity index (χ4v) is 1.59. The van der Waals surface area contributed by atoms with E-state index in [2.05, 4.69) is 4.18 Å². The van der Waals surface area contributed by atoms with E-state index in [1.54, 1.807) is 0 Å². The topological polar surface area (TPSA) is 43.4 Å². The minimum absolute atomic E-state index is 0.0839. The fourth-order valence-electron chi connectivity index (χ4n) is 1.24. The molecule has 1 aromatic rings. The second-order valence-corrected chi connectivity index (χ2v) is 5.26. The third-order valence-corrected chi connectivity index (χ3v) is 2.59. The summed E-state index contributed by atoms with van der Waals surface area (Å²) in [6.45, 7) is 0.937. The zero-order valence-electron chi connectivity index (χ0n) is 9.21. The first-order valence-electron chi connectivity index (χ1n) is 4.61. The molecule has 0 aliphatic rings. The SMILES string of the molecule is Cc1ccc(COS(C)(=O)=O)cc1C(F)(F)F. The van der Waals surface area contributed by atoms with E-state index < -0.39 is 28.5 Å². The highest BCUT2D eigenvalue weighted by molar-refractivity contribution is 7.85. The van der Waals surface area contributed by atoms with Crippen LogP contribution in [0.3, 0.4) is 0 Å². The van der Waals surface area contributed by atoms with Crippen molar-refractivity contribution in [3.05, 3.63) is 34.9 Å². The number of aryl methyl sites for hydroxylation is 1. The van der Waals surface area contributed by atoms with Gasteiger partial charge in [-0.05, 0) is 24.1 Å². The number of halogens is 3. The van der Waals surface area contributed by atoms with Crippen molar-refractivity contribution in [2.24, 2.45) is 0 Å². The average Bonchev–Trinajstić information content (AvgIpc) is 2.13. The van der Waals surface area contributed by atoms with Crippen LogP contribution in [-0.4, -0.2) is 14.7 Å². The third-order valence-electron chi connectivity index (χ3n) is 2.05. The molecule has 0 spiro atoms. The Bertz CT molecular complexity index is 506. The van der Waals surface area contributed by atoms with Gasteiger partial charge in [0.1, 0.15) is 0 Å². The van der Waals surface area contributed by atoms with Crippen LogP contribution in [0.15, 0.2) is 18.2 Å². The van der Waals surface area contributed by atoms with Crippen LogP contribution in [0.1, 0.15) is 16.7 Å². The number of rotatable bonds is 3. The second-order valence-electron chi connectivity index (χ2n) is 3.61. The van der Waals surface area contributed by atoms with Crippen molar-refractivity contribution in [1.82, 2.24) is 0 Å². The lowest BCUT2D eigenvalue weighted by Crippen LogP contribution is -2.09. The largest absolute Gasteiger partial charge is 0.416 e. The van der Waals surface area contributed by atoms with Crippen molar-refractivity contribution in [1.29, 1.82) is 0 Å². The van der Waals surface area contributed by atoms with Gasteiger partial charge in [-0.15, -0.1) is 0 Å². The Kier molecular flexibility index (Phi) is 3.83. The summed E-state index contributed by atoms with van der Waals surface area (Å²) in [4.78, 5) is 0. The maximum absolute atomic E-state index is 12.5. The fraction of sp³-hybridized carbons (Fsp3) is 0.400. The summed E-state index contributed by atoms with van der Waals surface area (Å²) in [6, 6.07) is 3.57. The van der Waals surface area contributed by atoms with Crippen molar-refractivity contribution in [3.63, 3.8) is 0 Å². The van der Waals surface area contributed by atoms with Gasteiger partial charge >= 0.3 is 6.18 Å². The highest BCUT2D eigenvalue weighted by Crippen LogP contribution is 2.32. The Hall–Kier alpha value is -1.08. The standard InChI is InChI=1S/C10H11F3O3S/c1-7-3-4-8(6-16-17(2,14)15)5-9(7)10(11,12)13/h3-5H,6H2,1-2H3. The summed E-state index contributed by atoms with van der Waals surface area (Å²) < 4.78 is 63.5. The van der Waals surface area contributed by atoms with Gasteiger partial charge in [-0.1, -0.05) is 12.1 Å². The third kappa shape index (κ3) is 4.35. The summed E-state index contributed by atoms with van der Waals surface area (Å²) in [5.74, 6) is 0. The van der Waals surface area contributed by atoms with E-state index in [0.717, 1.165) is 12.3 Å². The normalized spacial score (nSPS) is 12.8. The zero-order valence-corrected chi connectivity index (χ0v) is 10.0. The summed E-state index contributed by atoms with van der Waals surface area (Å²) in [5, 5.41) is 0. The van der Waals surface area contributed by atoms with E-state index in [1.165, 1.54) is 19.1 Å². The van der Waals surface area contributed by atoms with Crippen molar-refractivity contribution >= 4 is 10.1 Å². The Labute approximate surface area is 97.3 Å². The highest BCUT2D eigenvalue weighted by Gasteiger charge is 2.32. The molecule has 0 aromatic heterocycles. The quantitative estimate of drug-likeness (QED) is 0.791. The number of benzene rings is 1. The van der Waals surface area contributed by atoms with Gasteiger partial charge in [0.05, 0.1) is 18.4 Å².